The minimum atomic E-state index is -6.01. The Hall–Kier alpha value is -0.970. The molecule has 0 rings (SSSR count). The predicted molar refractivity (Wildman–Crippen MR) is 46.9 cm³/mol. The van der Waals surface area contributed by atoms with Crippen molar-refractivity contribution >= 4 is 15.9 Å². The number of amides is 1. The molecule has 2 N–H and O–H groups in total. The van der Waals surface area contributed by atoms with E-state index in [1.54, 1.807) is 4.72 Å². The van der Waals surface area contributed by atoms with Crippen LogP contribution in [0.1, 0.15) is 0 Å². The molecule has 17 heavy (non-hydrogen) atoms. The van der Waals surface area contributed by atoms with Gasteiger partial charge in [-0.2, -0.15) is 22.0 Å². The normalized spacial score (nSPS) is 13.5. The van der Waals surface area contributed by atoms with Gasteiger partial charge < -0.3 is 5.32 Å². The molecule has 0 unspecified atom stereocenters. The number of halogens is 5. The molecule has 0 saturated carbocycles. The van der Waals surface area contributed by atoms with Crippen LogP contribution in [0.4, 0.5) is 22.0 Å². The first-order chi connectivity index (χ1) is 7.44. The molecule has 0 aliphatic carbocycles. The number of carbonyl (C=O) groups is 1. The molecule has 0 radical (unpaired) electrons. The molecule has 0 bridgehead atoms. The zero-order valence-electron chi connectivity index (χ0n) is 8.44. The second-order valence-electron chi connectivity index (χ2n) is 2.85. The molecular weight excluding hydrogens is 275 g/mol. The lowest BCUT2D eigenvalue weighted by molar-refractivity contribution is -0.269. The zero-order valence-corrected chi connectivity index (χ0v) is 9.25. The fourth-order valence-electron chi connectivity index (χ4n) is 0.641. The Morgan fingerprint density at radius 2 is 1.65 bits per heavy atom. The third-order valence-electron chi connectivity index (χ3n) is 1.61. The molecule has 11 heteroatoms. The molecule has 0 aromatic rings. The largest absolute Gasteiger partial charge is 0.463 e. The number of nitrogens with one attached hydrogen (secondary N) is 2. The Bertz CT molecular complexity index is 378. The van der Waals surface area contributed by atoms with E-state index in [1.807, 2.05) is 0 Å². The molecule has 0 saturated heterocycles. The molecule has 5 nitrogen and oxygen atoms in total. The summed E-state index contributed by atoms with van der Waals surface area (Å²) in [6, 6.07) is 0. The minimum Gasteiger partial charge on any atom is -0.349 e. The maximum atomic E-state index is 12.3. The molecule has 0 aliphatic heterocycles. The SMILES string of the molecule is CNS(=O)(=O)CCNC(=O)C(F)(F)C(F)(F)F. The third kappa shape index (κ3) is 4.42. The number of carbonyl (C=O) groups excluding carboxylic acids is 1. The standard InChI is InChI=1S/C6H9F5N2O3S/c1-12-17(15,16)3-2-13-4(14)5(7,8)6(9,10)11/h12H,2-3H2,1H3,(H,13,14). The van der Waals surface area contributed by atoms with Crippen LogP contribution in [0.3, 0.4) is 0 Å². The van der Waals surface area contributed by atoms with Crippen molar-refractivity contribution in [1.82, 2.24) is 10.0 Å². The van der Waals surface area contributed by atoms with E-state index in [-0.39, 0.29) is 0 Å². The molecule has 0 heterocycles. The second kappa shape index (κ2) is 5.12. The van der Waals surface area contributed by atoms with Crippen LogP contribution in [0.25, 0.3) is 0 Å². The van der Waals surface area contributed by atoms with Gasteiger partial charge in [-0.1, -0.05) is 0 Å². The number of rotatable bonds is 5. The summed E-state index contributed by atoms with van der Waals surface area (Å²) in [5, 5.41) is 1.19. The number of hydrogen-bond acceptors (Lipinski definition) is 3. The summed E-state index contributed by atoms with van der Waals surface area (Å²) in [4.78, 5) is 10.5. The van der Waals surface area contributed by atoms with E-state index in [0.717, 1.165) is 7.05 Å². The Kier molecular flexibility index (Phi) is 4.83. The molecule has 0 aliphatic rings. The van der Waals surface area contributed by atoms with Crippen LogP contribution in [-0.4, -0.2) is 45.8 Å². The topological polar surface area (TPSA) is 75.3 Å². The zero-order chi connectivity index (χ0) is 13.9. The first kappa shape index (κ1) is 16.0. The monoisotopic (exact) mass is 284 g/mol. The van der Waals surface area contributed by atoms with Crippen LogP contribution in [0.5, 0.6) is 0 Å². The van der Waals surface area contributed by atoms with Crippen LogP contribution in [0.2, 0.25) is 0 Å². The van der Waals surface area contributed by atoms with Gasteiger partial charge in [-0.3, -0.25) is 4.79 Å². The summed E-state index contributed by atoms with van der Waals surface area (Å²) in [7, 11) is -2.76. The lowest BCUT2D eigenvalue weighted by atomic mass is 10.3. The van der Waals surface area contributed by atoms with Crippen LogP contribution < -0.4 is 10.0 Å². The predicted octanol–water partition coefficient (Wildman–Crippen LogP) is -0.151. The highest BCUT2D eigenvalue weighted by Crippen LogP contribution is 2.35. The van der Waals surface area contributed by atoms with Gasteiger partial charge in [0.1, 0.15) is 0 Å². The van der Waals surface area contributed by atoms with Gasteiger partial charge in [-0.25, -0.2) is 13.1 Å². The van der Waals surface area contributed by atoms with Crippen molar-refractivity contribution < 1.29 is 35.2 Å². The van der Waals surface area contributed by atoms with Crippen LogP contribution in [0.15, 0.2) is 0 Å². The molecule has 0 aromatic carbocycles. The van der Waals surface area contributed by atoms with Crippen molar-refractivity contribution in [2.75, 3.05) is 19.3 Å². The summed E-state index contributed by atoms with van der Waals surface area (Å²) >= 11 is 0. The van der Waals surface area contributed by atoms with Crippen molar-refractivity contribution in [3.8, 4) is 0 Å². The fourth-order valence-corrected chi connectivity index (χ4v) is 1.22. The maximum Gasteiger partial charge on any atom is 0.463 e. The van der Waals surface area contributed by atoms with Gasteiger partial charge in [-0.15, -0.1) is 0 Å². The third-order valence-corrected chi connectivity index (χ3v) is 2.97. The van der Waals surface area contributed by atoms with E-state index in [9.17, 15) is 35.2 Å². The van der Waals surface area contributed by atoms with Gasteiger partial charge in [-0.05, 0) is 7.05 Å². The highest BCUT2D eigenvalue weighted by molar-refractivity contribution is 7.89. The molecule has 0 fully saturated rings. The summed E-state index contributed by atoms with van der Waals surface area (Å²) in [5.41, 5.74) is 0. The molecule has 102 valence electrons. The average Bonchev–Trinajstić information content (AvgIpc) is 2.15. The highest BCUT2D eigenvalue weighted by Gasteiger charge is 2.63. The van der Waals surface area contributed by atoms with Gasteiger partial charge in [0.2, 0.25) is 10.0 Å². The maximum absolute atomic E-state index is 12.3. The molecule has 1 amide bonds. The van der Waals surface area contributed by atoms with Crippen molar-refractivity contribution in [2.45, 2.75) is 12.1 Å². The smallest absolute Gasteiger partial charge is 0.349 e. The Labute approximate surface area is 93.4 Å². The summed E-state index contributed by atoms with van der Waals surface area (Å²) in [6.45, 7) is -0.853. The highest BCUT2D eigenvalue weighted by atomic mass is 32.2. The Morgan fingerprint density at radius 3 is 2.00 bits per heavy atom. The number of alkyl halides is 5. The van der Waals surface area contributed by atoms with E-state index in [4.69, 9.17) is 0 Å². The molecule has 0 atom stereocenters. The molecule has 0 spiro atoms. The van der Waals surface area contributed by atoms with Gasteiger partial charge in [0, 0.05) is 6.54 Å². The van der Waals surface area contributed by atoms with E-state index in [2.05, 4.69) is 0 Å². The first-order valence-electron chi connectivity index (χ1n) is 4.08. The van der Waals surface area contributed by atoms with Crippen molar-refractivity contribution in [1.29, 1.82) is 0 Å². The quantitative estimate of drug-likeness (QED) is 0.689. The van der Waals surface area contributed by atoms with Gasteiger partial charge >= 0.3 is 12.1 Å². The van der Waals surface area contributed by atoms with Gasteiger partial charge in [0.25, 0.3) is 5.91 Å². The fraction of sp³-hybridized carbons (Fsp3) is 0.833. The minimum absolute atomic E-state index is 0.802. The Balaban J connectivity index is 4.40. The van der Waals surface area contributed by atoms with E-state index >= 15 is 0 Å². The summed E-state index contributed by atoms with van der Waals surface area (Å²) < 4.78 is 83.0. The summed E-state index contributed by atoms with van der Waals surface area (Å²) in [6.07, 6.45) is -6.01. The lowest BCUT2D eigenvalue weighted by Gasteiger charge is -2.18. The summed E-state index contributed by atoms with van der Waals surface area (Å²) in [5.74, 6) is -8.93. The van der Waals surface area contributed by atoms with Crippen LogP contribution in [-0.2, 0) is 14.8 Å². The van der Waals surface area contributed by atoms with E-state index < -0.39 is 40.3 Å². The van der Waals surface area contributed by atoms with Gasteiger partial charge in [0.05, 0.1) is 5.75 Å². The van der Waals surface area contributed by atoms with E-state index in [0.29, 0.717) is 0 Å². The average molecular weight is 284 g/mol. The molecule has 0 aromatic heterocycles. The van der Waals surface area contributed by atoms with Crippen molar-refractivity contribution in [3.63, 3.8) is 0 Å². The number of hydrogen-bond donors (Lipinski definition) is 2. The van der Waals surface area contributed by atoms with Crippen molar-refractivity contribution in [2.24, 2.45) is 0 Å². The lowest BCUT2D eigenvalue weighted by Crippen LogP contribution is -2.51. The van der Waals surface area contributed by atoms with Gasteiger partial charge in [0.15, 0.2) is 0 Å². The number of sulfonamides is 1. The molecular formula is C6H9F5N2O3S. The Morgan fingerprint density at radius 1 is 1.18 bits per heavy atom. The second-order valence-corrected chi connectivity index (χ2v) is 4.90. The van der Waals surface area contributed by atoms with E-state index in [1.165, 1.54) is 5.32 Å². The first-order valence-corrected chi connectivity index (χ1v) is 5.73. The van der Waals surface area contributed by atoms with Crippen LogP contribution >= 0.6 is 0 Å². The van der Waals surface area contributed by atoms with Crippen molar-refractivity contribution in [3.05, 3.63) is 0 Å². The van der Waals surface area contributed by atoms with Crippen LogP contribution in [0, 0.1) is 0 Å².